The zero-order chi connectivity index (χ0) is 25.1. The van der Waals surface area contributed by atoms with E-state index in [-0.39, 0.29) is 27.9 Å². The number of nitrogens with zero attached hydrogens (tertiary/aromatic N) is 1. The zero-order valence-electron chi connectivity index (χ0n) is 18.4. The third kappa shape index (κ3) is 6.07. The lowest BCUT2D eigenvalue weighted by atomic mass is 9.93. The number of halogens is 3. The summed E-state index contributed by atoms with van der Waals surface area (Å²) in [5.74, 6) is -1.12. The van der Waals surface area contributed by atoms with Crippen molar-refractivity contribution in [2.45, 2.75) is 36.6 Å². The topological polar surface area (TPSA) is 105 Å². The Balaban J connectivity index is 2.04. The van der Waals surface area contributed by atoms with Gasteiger partial charge >= 0.3 is 6.18 Å². The third-order valence-electron chi connectivity index (χ3n) is 5.44. The largest absolute Gasteiger partial charge is 0.482 e. The molecule has 1 saturated heterocycles. The molecule has 182 valence electrons. The fourth-order valence-electron chi connectivity index (χ4n) is 3.50. The molecule has 1 heterocycles. The quantitative estimate of drug-likeness (QED) is 0.558. The molecule has 1 N–H and O–H groups in total. The first-order valence-electron chi connectivity index (χ1n) is 10.4. The van der Waals surface area contributed by atoms with Crippen LogP contribution >= 0.6 is 0 Å². The second kappa shape index (κ2) is 10.0. The number of nitrogens with one attached hydrogen (secondary N) is 1. The third-order valence-corrected chi connectivity index (χ3v) is 6.55. The van der Waals surface area contributed by atoms with Crippen LogP contribution in [0.5, 0.6) is 11.5 Å². The van der Waals surface area contributed by atoms with Crippen molar-refractivity contribution in [2.75, 3.05) is 19.3 Å². The minimum absolute atomic E-state index is 0.232. The van der Waals surface area contributed by atoms with Gasteiger partial charge in [0.25, 0.3) is 0 Å². The van der Waals surface area contributed by atoms with Gasteiger partial charge in [-0.3, -0.25) is 4.79 Å². The van der Waals surface area contributed by atoms with Gasteiger partial charge in [-0.2, -0.15) is 18.4 Å². The number of ether oxygens (including phenoxy) is 2. The van der Waals surface area contributed by atoms with Crippen molar-refractivity contribution in [1.29, 1.82) is 5.26 Å². The Morgan fingerprint density at radius 3 is 2.38 bits per heavy atom. The predicted molar refractivity (Wildman–Crippen MR) is 117 cm³/mol. The molecule has 1 aliphatic rings. The van der Waals surface area contributed by atoms with E-state index in [0.29, 0.717) is 25.1 Å². The number of sulfone groups is 1. The maximum absolute atomic E-state index is 13.6. The van der Waals surface area contributed by atoms with E-state index in [1.54, 1.807) is 0 Å². The van der Waals surface area contributed by atoms with Gasteiger partial charge < -0.3 is 14.8 Å². The molecule has 11 heteroatoms. The molecule has 34 heavy (non-hydrogen) atoms. The molecule has 0 aliphatic carbocycles. The van der Waals surface area contributed by atoms with Crippen LogP contribution in [0.1, 0.15) is 29.3 Å². The molecule has 0 saturated carbocycles. The highest BCUT2D eigenvalue weighted by Gasteiger charge is 2.40. The van der Waals surface area contributed by atoms with Gasteiger partial charge in [0.05, 0.1) is 22.1 Å². The monoisotopic (exact) mass is 496 g/mol. The lowest BCUT2D eigenvalue weighted by molar-refractivity contribution is -0.189. The Labute approximate surface area is 195 Å². The van der Waals surface area contributed by atoms with Crippen LogP contribution in [0.15, 0.2) is 47.4 Å². The molecule has 2 unspecified atom stereocenters. The predicted octanol–water partition coefficient (Wildman–Crippen LogP) is 3.53. The minimum atomic E-state index is -4.69. The van der Waals surface area contributed by atoms with Gasteiger partial charge in [0.1, 0.15) is 11.5 Å². The van der Waals surface area contributed by atoms with E-state index in [0.717, 1.165) is 31.4 Å². The van der Waals surface area contributed by atoms with Crippen LogP contribution < -0.4 is 14.8 Å². The van der Waals surface area contributed by atoms with Gasteiger partial charge in [-0.25, -0.2) is 8.42 Å². The Hall–Kier alpha value is -3.10. The molecule has 3 atom stereocenters. The Morgan fingerprint density at radius 2 is 1.85 bits per heavy atom. The summed E-state index contributed by atoms with van der Waals surface area (Å²) in [4.78, 5) is 13.4. The molecular weight excluding hydrogens is 473 g/mol. The van der Waals surface area contributed by atoms with Gasteiger partial charge in [-0.1, -0.05) is 0 Å². The van der Waals surface area contributed by atoms with Crippen molar-refractivity contribution in [3.8, 4) is 17.6 Å². The summed E-state index contributed by atoms with van der Waals surface area (Å²) in [5, 5.41) is 12.1. The number of rotatable bonds is 8. The second-order valence-corrected chi connectivity index (χ2v) is 10.0. The first kappa shape index (κ1) is 25.5. The van der Waals surface area contributed by atoms with Crippen molar-refractivity contribution in [1.82, 2.24) is 5.32 Å². The summed E-state index contributed by atoms with van der Waals surface area (Å²) >= 11 is 0. The maximum atomic E-state index is 13.6. The van der Waals surface area contributed by atoms with Crippen LogP contribution in [0, 0.1) is 17.2 Å². The molecule has 0 spiro atoms. The van der Waals surface area contributed by atoms with E-state index in [4.69, 9.17) is 14.7 Å². The molecule has 0 radical (unpaired) electrons. The average molecular weight is 497 g/mol. The van der Waals surface area contributed by atoms with E-state index in [9.17, 15) is 26.4 Å². The Bertz CT molecular complexity index is 1180. The number of carbonyl (C=O) groups excluding carboxylic acids is 1. The van der Waals surface area contributed by atoms with Gasteiger partial charge in [0, 0.05) is 18.7 Å². The number of hydrogen-bond donors (Lipinski definition) is 1. The number of alkyl halides is 3. The van der Waals surface area contributed by atoms with Gasteiger partial charge in [0.15, 0.2) is 22.0 Å². The first-order chi connectivity index (χ1) is 15.9. The Kier molecular flexibility index (Phi) is 7.53. The van der Waals surface area contributed by atoms with E-state index in [2.05, 4.69) is 5.32 Å². The summed E-state index contributed by atoms with van der Waals surface area (Å²) in [7, 11) is -3.76. The van der Waals surface area contributed by atoms with Crippen LogP contribution in [0.4, 0.5) is 13.2 Å². The van der Waals surface area contributed by atoms with Crippen molar-refractivity contribution in [2.24, 2.45) is 5.92 Å². The minimum Gasteiger partial charge on any atom is -0.482 e. The van der Waals surface area contributed by atoms with Crippen LogP contribution in [0.2, 0.25) is 0 Å². The number of ketones is 1. The van der Waals surface area contributed by atoms with Crippen LogP contribution in [0.3, 0.4) is 0 Å². The summed E-state index contributed by atoms with van der Waals surface area (Å²) in [6, 6.07) is 11.2. The highest BCUT2D eigenvalue weighted by Crippen LogP contribution is 2.32. The number of Topliss-reactive ketones (excluding diaryl/α,β-unsaturated/α-hetero) is 1. The van der Waals surface area contributed by atoms with E-state index < -0.39 is 34.0 Å². The van der Waals surface area contributed by atoms with E-state index in [1.807, 2.05) is 6.07 Å². The lowest BCUT2D eigenvalue weighted by Crippen LogP contribution is -2.37. The lowest BCUT2D eigenvalue weighted by Gasteiger charge is -2.25. The van der Waals surface area contributed by atoms with Crippen molar-refractivity contribution < 1.29 is 35.9 Å². The van der Waals surface area contributed by atoms with Crippen LogP contribution in [-0.2, 0) is 9.84 Å². The molecule has 1 aliphatic heterocycles. The second-order valence-electron chi connectivity index (χ2n) is 8.02. The first-order valence-corrected chi connectivity index (χ1v) is 12.3. The average Bonchev–Trinajstić information content (AvgIpc) is 3.31. The maximum Gasteiger partial charge on any atom is 0.425 e. The van der Waals surface area contributed by atoms with Gasteiger partial charge in [-0.05, 0) is 62.4 Å². The summed E-state index contributed by atoms with van der Waals surface area (Å²) < 4.78 is 74.5. The van der Waals surface area contributed by atoms with Crippen molar-refractivity contribution in [3.63, 3.8) is 0 Å². The normalized spacial score (nSPS) is 18.1. The molecule has 1 fully saturated rings. The number of nitriles is 1. The molecule has 2 aromatic rings. The summed E-state index contributed by atoms with van der Waals surface area (Å²) in [6.45, 7) is 1.83. The fraction of sp³-hybridized carbons (Fsp3) is 0.391. The highest BCUT2D eigenvalue weighted by atomic mass is 32.2. The molecule has 0 aromatic heterocycles. The van der Waals surface area contributed by atoms with Crippen molar-refractivity contribution >= 4 is 15.6 Å². The van der Waals surface area contributed by atoms with Crippen molar-refractivity contribution in [3.05, 3.63) is 53.6 Å². The number of carbonyl (C=O) groups is 1. The number of benzene rings is 2. The standard InChI is InChI=1S/C23H23F3N2O5S/c1-14(23(24,25)26)32-20-8-7-18(34(2,30)31)11-19(20)21(29)22(16-9-10-28-13-16)33-17-5-3-15(12-27)4-6-17/h3-8,11,14,16,22,28H,9-10,13H2,1-2H3/t14-,16?,22?/m0/s1. The zero-order valence-corrected chi connectivity index (χ0v) is 19.2. The Morgan fingerprint density at radius 1 is 1.18 bits per heavy atom. The fourth-order valence-corrected chi connectivity index (χ4v) is 4.15. The van der Waals surface area contributed by atoms with Gasteiger partial charge in [-0.15, -0.1) is 0 Å². The molecule has 2 aromatic carbocycles. The van der Waals surface area contributed by atoms with E-state index >= 15 is 0 Å². The molecule has 0 bridgehead atoms. The highest BCUT2D eigenvalue weighted by molar-refractivity contribution is 7.90. The summed E-state index contributed by atoms with van der Waals surface area (Å²) in [5.41, 5.74) is 0.0695. The number of hydrogen-bond acceptors (Lipinski definition) is 7. The van der Waals surface area contributed by atoms with Crippen LogP contribution in [0.25, 0.3) is 0 Å². The smallest absolute Gasteiger partial charge is 0.425 e. The molecule has 0 amide bonds. The van der Waals surface area contributed by atoms with Gasteiger partial charge in [0.2, 0.25) is 5.78 Å². The summed E-state index contributed by atoms with van der Waals surface area (Å²) in [6.07, 6.45) is -6.55. The molecule has 3 rings (SSSR count). The van der Waals surface area contributed by atoms with E-state index in [1.165, 1.54) is 24.3 Å². The van der Waals surface area contributed by atoms with Crippen LogP contribution in [-0.4, -0.2) is 51.9 Å². The SMILES string of the molecule is C[C@H](Oc1ccc(S(C)(=O)=O)cc1C(=O)C(Oc1ccc(C#N)cc1)C1CCNC1)C(F)(F)F. The molecular formula is C23H23F3N2O5S. The molecule has 7 nitrogen and oxygen atoms in total.